The Balaban J connectivity index is 2.20. The van der Waals surface area contributed by atoms with Crippen LogP contribution in [0.2, 0.25) is 0 Å². The number of hydrogen-bond donors (Lipinski definition) is 1. The number of methoxy groups -OCH3 is 2. The Hall–Kier alpha value is -1.22. The average molecular weight is 235 g/mol. The summed E-state index contributed by atoms with van der Waals surface area (Å²) in [4.78, 5) is 0. The molecular formula is C14H21NO2. The molecule has 3 heteroatoms. The summed E-state index contributed by atoms with van der Waals surface area (Å²) >= 11 is 0. The fourth-order valence-electron chi connectivity index (χ4n) is 2.51. The topological polar surface area (TPSA) is 30.5 Å². The van der Waals surface area contributed by atoms with Gasteiger partial charge in [-0.15, -0.1) is 0 Å². The molecular weight excluding hydrogens is 214 g/mol. The van der Waals surface area contributed by atoms with E-state index in [1.165, 1.54) is 12.0 Å². The van der Waals surface area contributed by atoms with Crippen LogP contribution in [0.15, 0.2) is 18.2 Å². The lowest BCUT2D eigenvalue weighted by atomic mass is 9.87. The highest BCUT2D eigenvalue weighted by molar-refractivity contribution is 5.44. The third kappa shape index (κ3) is 2.55. The maximum Gasteiger partial charge on any atom is 0.160 e. The second-order valence-electron chi connectivity index (χ2n) is 4.66. The number of ether oxygens (including phenoxy) is 2. The Morgan fingerprint density at radius 3 is 2.59 bits per heavy atom. The molecule has 2 rings (SSSR count). The van der Waals surface area contributed by atoms with Crippen LogP contribution in [0.25, 0.3) is 0 Å². The van der Waals surface area contributed by atoms with E-state index in [0.29, 0.717) is 5.92 Å². The van der Waals surface area contributed by atoms with Crippen LogP contribution in [0.4, 0.5) is 0 Å². The third-order valence-corrected chi connectivity index (χ3v) is 3.74. The molecule has 0 radical (unpaired) electrons. The van der Waals surface area contributed by atoms with E-state index in [9.17, 15) is 0 Å². The summed E-state index contributed by atoms with van der Waals surface area (Å²) in [5.41, 5.74) is 1.33. The molecule has 3 nitrogen and oxygen atoms in total. The Bertz CT molecular complexity index is 372. The second kappa shape index (κ2) is 5.41. The van der Waals surface area contributed by atoms with Gasteiger partial charge in [-0.2, -0.15) is 0 Å². The van der Waals surface area contributed by atoms with E-state index in [-0.39, 0.29) is 0 Å². The zero-order valence-electron chi connectivity index (χ0n) is 10.8. The fraction of sp³-hybridized carbons (Fsp3) is 0.571. The van der Waals surface area contributed by atoms with Crippen molar-refractivity contribution in [2.45, 2.75) is 19.3 Å². The zero-order valence-corrected chi connectivity index (χ0v) is 10.8. The number of nitrogens with one attached hydrogen (secondary N) is 1. The molecule has 0 aliphatic carbocycles. The summed E-state index contributed by atoms with van der Waals surface area (Å²) in [7, 11) is 3.35. The fourth-order valence-corrected chi connectivity index (χ4v) is 2.51. The Kier molecular flexibility index (Phi) is 3.89. The molecule has 1 aromatic rings. The van der Waals surface area contributed by atoms with Crippen LogP contribution in [0.3, 0.4) is 0 Å². The molecule has 2 unspecified atom stereocenters. The molecule has 1 aliphatic rings. The Morgan fingerprint density at radius 2 is 2.00 bits per heavy atom. The minimum absolute atomic E-state index is 0.560. The molecule has 0 aromatic heterocycles. The molecule has 1 fully saturated rings. The van der Waals surface area contributed by atoms with Gasteiger partial charge in [0.05, 0.1) is 14.2 Å². The number of hydrogen-bond acceptors (Lipinski definition) is 3. The first-order valence-electron chi connectivity index (χ1n) is 6.19. The highest BCUT2D eigenvalue weighted by Crippen LogP contribution is 2.34. The molecule has 0 spiro atoms. The smallest absolute Gasteiger partial charge is 0.160 e. The monoisotopic (exact) mass is 235 g/mol. The molecule has 1 saturated heterocycles. The minimum Gasteiger partial charge on any atom is -0.493 e. The first-order valence-corrected chi connectivity index (χ1v) is 6.19. The van der Waals surface area contributed by atoms with Gasteiger partial charge in [0, 0.05) is 0 Å². The Labute approximate surface area is 103 Å². The molecule has 0 saturated carbocycles. The van der Waals surface area contributed by atoms with Crippen molar-refractivity contribution in [2.75, 3.05) is 27.3 Å². The van der Waals surface area contributed by atoms with Crippen molar-refractivity contribution in [3.8, 4) is 11.5 Å². The van der Waals surface area contributed by atoms with Crippen molar-refractivity contribution in [2.24, 2.45) is 5.92 Å². The van der Waals surface area contributed by atoms with Crippen LogP contribution in [0.5, 0.6) is 11.5 Å². The quantitative estimate of drug-likeness (QED) is 0.869. The van der Waals surface area contributed by atoms with Crippen LogP contribution in [-0.4, -0.2) is 27.3 Å². The van der Waals surface area contributed by atoms with E-state index in [4.69, 9.17) is 9.47 Å². The van der Waals surface area contributed by atoms with Gasteiger partial charge in [0.1, 0.15) is 0 Å². The maximum absolute atomic E-state index is 5.35. The van der Waals surface area contributed by atoms with Crippen LogP contribution in [0, 0.1) is 5.92 Å². The molecule has 17 heavy (non-hydrogen) atoms. The molecule has 2 atom stereocenters. The van der Waals surface area contributed by atoms with Crippen molar-refractivity contribution in [1.29, 1.82) is 0 Å². The number of rotatable bonds is 4. The first kappa shape index (κ1) is 12.2. The predicted octanol–water partition coefficient (Wildman–Crippen LogP) is 2.42. The third-order valence-electron chi connectivity index (χ3n) is 3.74. The van der Waals surface area contributed by atoms with Crippen molar-refractivity contribution in [3.63, 3.8) is 0 Å². The van der Waals surface area contributed by atoms with E-state index < -0.39 is 0 Å². The number of benzene rings is 1. The van der Waals surface area contributed by atoms with Crippen molar-refractivity contribution in [1.82, 2.24) is 5.32 Å². The molecule has 1 N–H and O–H groups in total. The van der Waals surface area contributed by atoms with Crippen molar-refractivity contribution < 1.29 is 9.47 Å². The van der Waals surface area contributed by atoms with E-state index in [0.717, 1.165) is 30.5 Å². The van der Waals surface area contributed by atoms with Crippen molar-refractivity contribution in [3.05, 3.63) is 23.8 Å². The summed E-state index contributed by atoms with van der Waals surface area (Å²) in [6, 6.07) is 6.24. The highest BCUT2D eigenvalue weighted by atomic mass is 16.5. The molecule has 0 amide bonds. The lowest BCUT2D eigenvalue weighted by molar-refractivity contribution is 0.353. The van der Waals surface area contributed by atoms with E-state index in [1.807, 2.05) is 6.07 Å². The SMILES string of the molecule is COc1ccc(C(C)C2CCNC2)cc1OC. The second-order valence-corrected chi connectivity index (χ2v) is 4.66. The summed E-state index contributed by atoms with van der Waals surface area (Å²) in [6.45, 7) is 4.55. The van der Waals surface area contributed by atoms with Gasteiger partial charge < -0.3 is 14.8 Å². The summed E-state index contributed by atoms with van der Waals surface area (Å²) < 4.78 is 10.6. The largest absolute Gasteiger partial charge is 0.493 e. The lowest BCUT2D eigenvalue weighted by Gasteiger charge is -2.20. The molecule has 1 aromatic carbocycles. The average Bonchev–Trinajstić information content (AvgIpc) is 2.90. The van der Waals surface area contributed by atoms with Gasteiger partial charge in [0.25, 0.3) is 0 Å². The molecule has 1 aliphatic heterocycles. The van der Waals surface area contributed by atoms with Gasteiger partial charge in [-0.25, -0.2) is 0 Å². The van der Waals surface area contributed by atoms with Gasteiger partial charge in [0.15, 0.2) is 11.5 Å². The van der Waals surface area contributed by atoms with Crippen LogP contribution in [-0.2, 0) is 0 Å². The van der Waals surface area contributed by atoms with E-state index >= 15 is 0 Å². The molecule has 94 valence electrons. The van der Waals surface area contributed by atoms with E-state index in [2.05, 4.69) is 24.4 Å². The van der Waals surface area contributed by atoms with Crippen molar-refractivity contribution >= 4 is 0 Å². The summed E-state index contributed by atoms with van der Waals surface area (Å²) in [6.07, 6.45) is 1.26. The van der Waals surface area contributed by atoms with E-state index in [1.54, 1.807) is 14.2 Å². The van der Waals surface area contributed by atoms with Gasteiger partial charge >= 0.3 is 0 Å². The zero-order chi connectivity index (χ0) is 12.3. The summed E-state index contributed by atoms with van der Waals surface area (Å²) in [5.74, 6) is 2.91. The van der Waals surface area contributed by atoms with Crippen LogP contribution < -0.4 is 14.8 Å². The van der Waals surface area contributed by atoms with Gasteiger partial charge in [-0.1, -0.05) is 13.0 Å². The maximum atomic E-state index is 5.35. The highest BCUT2D eigenvalue weighted by Gasteiger charge is 2.23. The van der Waals surface area contributed by atoms with Crippen LogP contribution >= 0.6 is 0 Å². The standard InChI is InChI=1S/C14H21NO2/c1-10(12-6-7-15-9-12)11-4-5-13(16-2)14(8-11)17-3/h4-5,8,10,12,15H,6-7,9H2,1-3H3. The predicted molar refractivity (Wildman–Crippen MR) is 68.9 cm³/mol. The van der Waals surface area contributed by atoms with Gasteiger partial charge in [-0.05, 0) is 49.0 Å². The summed E-state index contributed by atoms with van der Waals surface area (Å²) in [5, 5.41) is 3.42. The van der Waals surface area contributed by atoms with Crippen LogP contribution in [0.1, 0.15) is 24.8 Å². The normalized spacial score (nSPS) is 21.2. The lowest BCUT2D eigenvalue weighted by Crippen LogP contribution is -2.14. The molecule has 1 heterocycles. The Morgan fingerprint density at radius 1 is 1.24 bits per heavy atom. The first-order chi connectivity index (χ1) is 8.26. The van der Waals surface area contributed by atoms with Gasteiger partial charge in [0.2, 0.25) is 0 Å². The van der Waals surface area contributed by atoms with Gasteiger partial charge in [-0.3, -0.25) is 0 Å². The minimum atomic E-state index is 0.560. The molecule has 0 bridgehead atoms.